The highest BCUT2D eigenvalue weighted by molar-refractivity contribution is 8.18. The van der Waals surface area contributed by atoms with Gasteiger partial charge in [0.1, 0.15) is 0 Å². The van der Waals surface area contributed by atoms with E-state index in [4.69, 9.17) is 0 Å². The molecule has 0 spiro atoms. The second-order valence-electron chi connectivity index (χ2n) is 4.98. The molecule has 116 valence electrons. The number of likely N-dealkylation sites (N-methyl/N-ethyl adjacent to an activating group) is 1. The third kappa shape index (κ3) is 3.78. The molecule has 0 aliphatic carbocycles. The average molecular weight is 341 g/mol. The van der Waals surface area contributed by atoms with E-state index >= 15 is 0 Å². The van der Waals surface area contributed by atoms with Gasteiger partial charge in [0, 0.05) is 18.6 Å². The summed E-state index contributed by atoms with van der Waals surface area (Å²) >= 11 is 2.83. The second kappa shape index (κ2) is 6.93. The summed E-state index contributed by atoms with van der Waals surface area (Å²) in [5, 5.41) is 3.18. The number of amides is 1. The smallest absolute Gasteiger partial charge is 0.266 e. The van der Waals surface area contributed by atoms with E-state index in [1.807, 2.05) is 48.7 Å². The van der Waals surface area contributed by atoms with Crippen LogP contribution in [0.15, 0.2) is 63.5 Å². The van der Waals surface area contributed by atoms with Crippen LogP contribution in [0.3, 0.4) is 0 Å². The molecule has 0 bridgehead atoms. The summed E-state index contributed by atoms with van der Waals surface area (Å²) in [7, 11) is 1.73. The maximum absolute atomic E-state index is 12.3. The summed E-state index contributed by atoms with van der Waals surface area (Å²) in [4.78, 5) is 23.1. The van der Waals surface area contributed by atoms with Gasteiger partial charge in [-0.1, -0.05) is 36.4 Å². The molecule has 6 heteroatoms. The Morgan fingerprint density at radius 3 is 2.78 bits per heavy atom. The van der Waals surface area contributed by atoms with Crippen LogP contribution in [0.5, 0.6) is 0 Å². The van der Waals surface area contributed by atoms with E-state index in [0.29, 0.717) is 15.2 Å². The SMILES string of the molecule is CC(/C=C1\S/C(=N/c2nccs2)N(C)C1=O)=C\c1ccccc1. The molecule has 1 aliphatic heterocycles. The van der Waals surface area contributed by atoms with Crippen LogP contribution >= 0.6 is 23.1 Å². The summed E-state index contributed by atoms with van der Waals surface area (Å²) in [6.07, 6.45) is 5.66. The van der Waals surface area contributed by atoms with Crippen LogP contribution < -0.4 is 0 Å². The van der Waals surface area contributed by atoms with Crippen LogP contribution in [-0.4, -0.2) is 28.0 Å². The number of thioether (sulfide) groups is 1. The lowest BCUT2D eigenvalue weighted by Crippen LogP contribution is -2.23. The zero-order chi connectivity index (χ0) is 16.2. The molecule has 2 heterocycles. The van der Waals surface area contributed by atoms with Crippen molar-refractivity contribution in [3.8, 4) is 0 Å². The number of carbonyl (C=O) groups excluding carboxylic acids is 1. The van der Waals surface area contributed by atoms with Crippen LogP contribution in [0, 0.1) is 0 Å². The van der Waals surface area contributed by atoms with E-state index in [1.54, 1.807) is 18.1 Å². The Morgan fingerprint density at radius 2 is 2.09 bits per heavy atom. The first-order valence-corrected chi connectivity index (χ1v) is 8.72. The van der Waals surface area contributed by atoms with Crippen molar-refractivity contribution in [1.82, 2.24) is 9.88 Å². The second-order valence-corrected chi connectivity index (χ2v) is 6.87. The first kappa shape index (κ1) is 15.7. The van der Waals surface area contributed by atoms with Gasteiger partial charge >= 0.3 is 0 Å². The standard InChI is InChI=1S/C17H15N3OS2/c1-12(10-13-6-4-3-5-7-13)11-14-15(21)20(2)17(23-14)19-16-18-8-9-22-16/h3-11H,1-2H3/b12-10+,14-11-,19-17+. The fraction of sp³-hybridized carbons (Fsp3) is 0.118. The number of carbonyl (C=O) groups is 1. The van der Waals surface area contributed by atoms with Crippen molar-refractivity contribution >= 4 is 45.4 Å². The third-order valence-electron chi connectivity index (χ3n) is 3.17. The molecule has 1 fully saturated rings. The van der Waals surface area contributed by atoms with Gasteiger partial charge in [0.05, 0.1) is 4.91 Å². The highest BCUT2D eigenvalue weighted by atomic mass is 32.2. The number of aliphatic imine (C=N–C) groups is 1. The fourth-order valence-electron chi connectivity index (χ4n) is 2.07. The minimum Gasteiger partial charge on any atom is -0.289 e. The molecule has 2 aromatic rings. The van der Waals surface area contributed by atoms with Gasteiger partial charge in [-0.05, 0) is 35.9 Å². The molecule has 3 rings (SSSR count). The van der Waals surface area contributed by atoms with Gasteiger partial charge in [-0.2, -0.15) is 4.99 Å². The number of rotatable bonds is 3. The van der Waals surface area contributed by atoms with E-state index in [2.05, 4.69) is 16.1 Å². The molecule has 0 N–H and O–H groups in total. The molecule has 1 aromatic heterocycles. The third-order valence-corrected chi connectivity index (χ3v) is 4.89. The Bertz CT molecular complexity index is 793. The number of thiazole rings is 1. The van der Waals surface area contributed by atoms with Gasteiger partial charge in [-0.15, -0.1) is 11.3 Å². The number of hydrogen-bond donors (Lipinski definition) is 0. The van der Waals surface area contributed by atoms with E-state index in [0.717, 1.165) is 11.1 Å². The van der Waals surface area contributed by atoms with E-state index < -0.39 is 0 Å². The Morgan fingerprint density at radius 1 is 1.30 bits per heavy atom. The topological polar surface area (TPSA) is 45.6 Å². The molecule has 4 nitrogen and oxygen atoms in total. The number of hydrogen-bond acceptors (Lipinski definition) is 5. The monoisotopic (exact) mass is 341 g/mol. The molecule has 1 saturated heterocycles. The Labute approximate surface area is 143 Å². The zero-order valence-corrected chi connectivity index (χ0v) is 14.4. The highest BCUT2D eigenvalue weighted by Gasteiger charge is 2.30. The predicted molar refractivity (Wildman–Crippen MR) is 97.7 cm³/mol. The molecule has 0 radical (unpaired) electrons. The minimum absolute atomic E-state index is 0.0360. The molecule has 1 aliphatic rings. The van der Waals surface area contributed by atoms with E-state index in [-0.39, 0.29) is 5.91 Å². The van der Waals surface area contributed by atoms with Gasteiger partial charge in [-0.3, -0.25) is 9.69 Å². The Kier molecular flexibility index (Phi) is 4.73. The summed E-state index contributed by atoms with van der Waals surface area (Å²) in [6.45, 7) is 1.99. The van der Waals surface area contributed by atoms with Crippen molar-refractivity contribution in [2.75, 3.05) is 7.05 Å². The van der Waals surface area contributed by atoms with Gasteiger partial charge in [-0.25, -0.2) is 4.98 Å². The maximum Gasteiger partial charge on any atom is 0.266 e. The van der Waals surface area contributed by atoms with Crippen molar-refractivity contribution in [3.05, 3.63) is 64.0 Å². The molecule has 1 amide bonds. The van der Waals surface area contributed by atoms with Gasteiger partial charge < -0.3 is 0 Å². The molecule has 23 heavy (non-hydrogen) atoms. The summed E-state index contributed by atoms with van der Waals surface area (Å²) in [5.74, 6) is -0.0360. The number of nitrogens with zero attached hydrogens (tertiary/aromatic N) is 3. The molecule has 0 atom stereocenters. The quantitative estimate of drug-likeness (QED) is 0.781. The maximum atomic E-state index is 12.3. The van der Waals surface area contributed by atoms with Crippen LogP contribution in [0.25, 0.3) is 6.08 Å². The van der Waals surface area contributed by atoms with Gasteiger partial charge in [0.25, 0.3) is 5.91 Å². The summed E-state index contributed by atoms with van der Waals surface area (Å²) < 4.78 is 0. The first-order chi connectivity index (χ1) is 11.1. The molecular weight excluding hydrogens is 326 g/mol. The van der Waals surface area contributed by atoms with Crippen LogP contribution in [0.1, 0.15) is 12.5 Å². The lowest BCUT2D eigenvalue weighted by atomic mass is 10.1. The predicted octanol–water partition coefficient (Wildman–Crippen LogP) is 4.32. The molecular formula is C17H15N3OS2. The van der Waals surface area contributed by atoms with Gasteiger partial charge in [0.15, 0.2) is 5.17 Å². The lowest BCUT2D eigenvalue weighted by Gasteiger charge is -2.05. The van der Waals surface area contributed by atoms with Crippen LogP contribution in [0.2, 0.25) is 0 Å². The lowest BCUT2D eigenvalue weighted by molar-refractivity contribution is -0.121. The highest BCUT2D eigenvalue weighted by Crippen LogP contribution is 2.33. The fourth-order valence-corrected chi connectivity index (χ4v) is 3.65. The van der Waals surface area contributed by atoms with Crippen molar-refractivity contribution in [2.24, 2.45) is 4.99 Å². The molecule has 0 unspecified atom stereocenters. The van der Waals surface area contributed by atoms with Crippen molar-refractivity contribution < 1.29 is 4.79 Å². The van der Waals surface area contributed by atoms with Crippen molar-refractivity contribution in [1.29, 1.82) is 0 Å². The van der Waals surface area contributed by atoms with E-state index in [9.17, 15) is 4.79 Å². The average Bonchev–Trinajstić information content (AvgIpc) is 3.14. The summed E-state index contributed by atoms with van der Waals surface area (Å²) in [6, 6.07) is 10.0. The Hall–Kier alpha value is -2.18. The largest absolute Gasteiger partial charge is 0.289 e. The minimum atomic E-state index is -0.0360. The normalized spacial score (nSPS) is 19.1. The number of aromatic nitrogens is 1. The number of benzene rings is 1. The summed E-state index contributed by atoms with van der Waals surface area (Å²) in [5.41, 5.74) is 2.14. The van der Waals surface area contributed by atoms with Crippen molar-refractivity contribution in [2.45, 2.75) is 6.92 Å². The van der Waals surface area contributed by atoms with Crippen molar-refractivity contribution in [3.63, 3.8) is 0 Å². The van der Waals surface area contributed by atoms with Crippen LogP contribution in [0.4, 0.5) is 5.13 Å². The number of amidine groups is 1. The van der Waals surface area contributed by atoms with E-state index in [1.165, 1.54) is 23.1 Å². The van der Waals surface area contributed by atoms with Gasteiger partial charge in [0.2, 0.25) is 5.13 Å². The number of allylic oxidation sites excluding steroid dienone is 2. The molecule has 1 aromatic carbocycles. The zero-order valence-electron chi connectivity index (χ0n) is 12.8. The Balaban J connectivity index is 1.83. The molecule has 0 saturated carbocycles. The first-order valence-electron chi connectivity index (χ1n) is 7.02. The van der Waals surface area contributed by atoms with Crippen LogP contribution in [-0.2, 0) is 4.79 Å².